The first-order valence-corrected chi connectivity index (χ1v) is 15.6. The second kappa shape index (κ2) is 14.7. The van der Waals surface area contributed by atoms with Gasteiger partial charge in [-0.2, -0.15) is 0 Å². The second-order valence-electron chi connectivity index (χ2n) is 11.5. The van der Waals surface area contributed by atoms with Crippen molar-refractivity contribution < 1.29 is 33.2 Å². The molecule has 0 unspecified atom stereocenters. The van der Waals surface area contributed by atoms with Crippen molar-refractivity contribution >= 4 is 5.97 Å². The van der Waals surface area contributed by atoms with Gasteiger partial charge in [-0.1, -0.05) is 72.8 Å². The Hall–Kier alpha value is -5.49. The number of hydrogen-bond donors (Lipinski definition) is 1. The molecule has 1 aromatic heterocycles. The Morgan fingerprint density at radius 2 is 1.37 bits per heavy atom. The lowest BCUT2D eigenvalue weighted by Gasteiger charge is -2.44. The molecule has 0 saturated carbocycles. The third kappa shape index (κ3) is 7.19. The Kier molecular flexibility index (Phi) is 10.0. The van der Waals surface area contributed by atoms with Gasteiger partial charge in [0, 0.05) is 12.3 Å². The largest absolute Gasteiger partial charge is 0.497 e. The van der Waals surface area contributed by atoms with Crippen molar-refractivity contribution in [3.8, 4) is 11.5 Å². The van der Waals surface area contributed by atoms with E-state index in [0.29, 0.717) is 17.1 Å². The van der Waals surface area contributed by atoms with Crippen LogP contribution in [0.3, 0.4) is 0 Å². The molecule has 6 rings (SSSR count). The van der Waals surface area contributed by atoms with Gasteiger partial charge < -0.3 is 28.4 Å². The van der Waals surface area contributed by atoms with Crippen LogP contribution < -0.4 is 20.7 Å². The third-order valence-electron chi connectivity index (χ3n) is 8.37. The van der Waals surface area contributed by atoms with Crippen LogP contribution in [0.15, 0.2) is 131 Å². The summed E-state index contributed by atoms with van der Waals surface area (Å²) in [5.41, 5.74) is -1.10. The Labute approximate surface area is 282 Å². The SMILES string of the molecule is COc1ccc(C(OC[C@]2(COC(=O)c3ccccc3)COC[C@H](n3ccc(=O)[nH]c3=O)O2)(c2ccccc2)c2ccc(OC)cc2)cc1. The minimum absolute atomic E-state index is 0.00111. The molecule has 49 heavy (non-hydrogen) atoms. The normalized spacial score (nSPS) is 17.6. The van der Waals surface area contributed by atoms with Crippen LogP contribution in [-0.2, 0) is 24.5 Å². The van der Waals surface area contributed by atoms with Gasteiger partial charge in [0.1, 0.15) is 23.7 Å². The lowest BCUT2D eigenvalue weighted by molar-refractivity contribution is -0.261. The number of rotatable bonds is 12. The van der Waals surface area contributed by atoms with Crippen LogP contribution in [0.2, 0.25) is 0 Å². The molecule has 252 valence electrons. The van der Waals surface area contributed by atoms with Crippen LogP contribution in [-0.4, -0.2) is 61.8 Å². The number of benzene rings is 4. The number of carbonyl (C=O) groups excluding carboxylic acids is 1. The number of esters is 1. The van der Waals surface area contributed by atoms with E-state index in [0.717, 1.165) is 16.7 Å². The van der Waals surface area contributed by atoms with Crippen molar-refractivity contribution in [1.29, 1.82) is 0 Å². The number of aromatic amines is 1. The van der Waals surface area contributed by atoms with Crippen molar-refractivity contribution in [2.24, 2.45) is 0 Å². The molecule has 0 amide bonds. The van der Waals surface area contributed by atoms with Gasteiger partial charge in [-0.05, 0) is 53.1 Å². The van der Waals surface area contributed by atoms with E-state index in [4.69, 9.17) is 28.4 Å². The lowest BCUT2D eigenvalue weighted by atomic mass is 9.79. The summed E-state index contributed by atoms with van der Waals surface area (Å²) in [6.45, 7) is -0.455. The summed E-state index contributed by atoms with van der Waals surface area (Å²) >= 11 is 0. The molecular weight excluding hydrogens is 628 g/mol. The Balaban J connectivity index is 1.44. The minimum Gasteiger partial charge on any atom is -0.497 e. The van der Waals surface area contributed by atoms with Gasteiger partial charge in [0.15, 0.2) is 11.8 Å². The minimum atomic E-state index is -1.40. The summed E-state index contributed by atoms with van der Waals surface area (Å²) < 4.78 is 37.8. The van der Waals surface area contributed by atoms with Crippen LogP contribution in [0.4, 0.5) is 0 Å². The van der Waals surface area contributed by atoms with Crippen LogP contribution >= 0.6 is 0 Å². The fraction of sp³-hybridized carbons (Fsp3) is 0.237. The Bertz CT molecular complexity index is 1910. The molecule has 2 heterocycles. The number of ether oxygens (including phenoxy) is 6. The molecule has 1 fully saturated rings. The molecule has 0 aliphatic carbocycles. The monoisotopic (exact) mass is 664 g/mol. The molecule has 1 aliphatic rings. The third-order valence-corrected chi connectivity index (χ3v) is 8.37. The van der Waals surface area contributed by atoms with Gasteiger partial charge in [-0.15, -0.1) is 0 Å². The van der Waals surface area contributed by atoms with E-state index in [9.17, 15) is 14.4 Å². The number of hydrogen-bond acceptors (Lipinski definition) is 9. The summed E-state index contributed by atoms with van der Waals surface area (Å²) in [4.78, 5) is 40.1. The van der Waals surface area contributed by atoms with Gasteiger partial charge in [0.2, 0.25) is 0 Å². The molecule has 1 N–H and O–H groups in total. The van der Waals surface area contributed by atoms with E-state index in [-0.39, 0.29) is 26.4 Å². The van der Waals surface area contributed by atoms with Crippen molar-refractivity contribution in [3.63, 3.8) is 0 Å². The number of carbonyl (C=O) groups is 1. The van der Waals surface area contributed by atoms with Gasteiger partial charge in [-0.25, -0.2) is 9.59 Å². The average Bonchev–Trinajstić information content (AvgIpc) is 3.15. The highest BCUT2D eigenvalue weighted by molar-refractivity contribution is 5.89. The highest BCUT2D eigenvalue weighted by Crippen LogP contribution is 2.43. The maximum absolute atomic E-state index is 13.2. The van der Waals surface area contributed by atoms with Crippen LogP contribution in [0.25, 0.3) is 0 Å². The highest BCUT2D eigenvalue weighted by Gasteiger charge is 2.46. The molecule has 11 heteroatoms. The van der Waals surface area contributed by atoms with Gasteiger partial charge >= 0.3 is 11.7 Å². The maximum atomic E-state index is 13.2. The van der Waals surface area contributed by atoms with Crippen LogP contribution in [0.5, 0.6) is 11.5 Å². The molecule has 0 bridgehead atoms. The Morgan fingerprint density at radius 1 is 0.796 bits per heavy atom. The van der Waals surface area contributed by atoms with Gasteiger partial charge in [0.25, 0.3) is 5.56 Å². The molecule has 4 aromatic carbocycles. The molecular formula is C38H36N2O9. The predicted molar refractivity (Wildman–Crippen MR) is 180 cm³/mol. The average molecular weight is 665 g/mol. The van der Waals surface area contributed by atoms with E-state index in [1.165, 1.54) is 16.8 Å². The smallest absolute Gasteiger partial charge is 0.338 e. The van der Waals surface area contributed by atoms with E-state index in [2.05, 4.69) is 4.98 Å². The van der Waals surface area contributed by atoms with E-state index >= 15 is 0 Å². The summed E-state index contributed by atoms with van der Waals surface area (Å²) in [7, 11) is 3.20. The summed E-state index contributed by atoms with van der Waals surface area (Å²) in [6, 6.07) is 34.7. The van der Waals surface area contributed by atoms with Crippen LogP contribution in [0.1, 0.15) is 33.3 Å². The zero-order valence-corrected chi connectivity index (χ0v) is 27.1. The van der Waals surface area contributed by atoms with Gasteiger partial charge in [0.05, 0.1) is 39.6 Å². The summed E-state index contributed by atoms with van der Waals surface area (Å²) in [5, 5.41) is 0. The highest BCUT2D eigenvalue weighted by atomic mass is 16.6. The van der Waals surface area contributed by atoms with Crippen molar-refractivity contribution in [2.45, 2.75) is 17.4 Å². The summed E-state index contributed by atoms with van der Waals surface area (Å²) in [6.07, 6.45) is 0.371. The zero-order chi connectivity index (χ0) is 34.3. The van der Waals surface area contributed by atoms with Crippen LogP contribution in [0, 0.1) is 0 Å². The first kappa shape index (κ1) is 33.4. The molecule has 2 atom stereocenters. The fourth-order valence-corrected chi connectivity index (χ4v) is 5.86. The second-order valence-corrected chi connectivity index (χ2v) is 11.5. The van der Waals surface area contributed by atoms with Crippen molar-refractivity contribution in [1.82, 2.24) is 9.55 Å². The van der Waals surface area contributed by atoms with E-state index in [1.54, 1.807) is 44.6 Å². The number of methoxy groups -OCH3 is 2. The zero-order valence-electron chi connectivity index (χ0n) is 27.1. The lowest BCUT2D eigenvalue weighted by Crippen LogP contribution is -2.55. The summed E-state index contributed by atoms with van der Waals surface area (Å²) in [5.74, 6) is 0.775. The Morgan fingerprint density at radius 3 is 1.94 bits per heavy atom. The quantitative estimate of drug-likeness (QED) is 0.149. The first-order chi connectivity index (χ1) is 23.9. The predicted octanol–water partition coefficient (Wildman–Crippen LogP) is 4.70. The molecule has 1 saturated heterocycles. The number of H-pyrrole nitrogens is 1. The number of aromatic nitrogens is 2. The van der Waals surface area contributed by atoms with E-state index < -0.39 is 34.6 Å². The maximum Gasteiger partial charge on any atom is 0.338 e. The van der Waals surface area contributed by atoms with E-state index in [1.807, 2.05) is 78.9 Å². The topological polar surface area (TPSA) is 127 Å². The number of nitrogens with zero attached hydrogens (tertiary/aromatic N) is 1. The van der Waals surface area contributed by atoms with Crippen molar-refractivity contribution in [3.05, 3.63) is 165 Å². The number of nitrogens with one attached hydrogen (secondary N) is 1. The van der Waals surface area contributed by atoms with Crippen molar-refractivity contribution in [2.75, 3.05) is 40.6 Å². The first-order valence-electron chi connectivity index (χ1n) is 15.6. The molecule has 5 aromatic rings. The molecule has 0 spiro atoms. The fourth-order valence-electron chi connectivity index (χ4n) is 5.86. The molecule has 1 aliphatic heterocycles. The molecule has 0 radical (unpaired) electrons. The molecule has 11 nitrogen and oxygen atoms in total. The standard InChI is InChI=1S/C38H36N2O9/c1-44-31-17-13-29(14-18-31)38(28-11-7-4-8-12-28,30-15-19-32(45-2)20-16-30)48-26-37(25-47-35(42)27-9-5-3-6-10-27)24-46-23-34(49-37)40-22-21-33(41)39-36(40)43/h3-22,34H,23-26H2,1-2H3,(H,39,41,43)/t34-,37-/m1/s1. The van der Waals surface area contributed by atoms with Gasteiger partial charge in [-0.3, -0.25) is 14.3 Å².